The topological polar surface area (TPSA) is 162 Å². The molecule has 0 saturated heterocycles. The molecule has 8 N–H and O–H groups in total. The van der Waals surface area contributed by atoms with Gasteiger partial charge in [0.05, 0.1) is 12.5 Å². The molecule has 0 aliphatic carbocycles. The Balaban J connectivity index is 4.26. The van der Waals surface area contributed by atoms with Gasteiger partial charge < -0.3 is 27.6 Å². The SMILES string of the molecule is NCCCC[C@H](NC(=O)[C@@H](N)CC(=O)O)C(N)=O. The van der Waals surface area contributed by atoms with Crippen molar-refractivity contribution in [3.05, 3.63) is 0 Å². The van der Waals surface area contributed by atoms with Gasteiger partial charge in [-0.2, -0.15) is 0 Å². The molecule has 0 fully saturated rings. The van der Waals surface area contributed by atoms with Crippen LogP contribution in [0.15, 0.2) is 0 Å². The van der Waals surface area contributed by atoms with Crippen LogP contribution in [0.5, 0.6) is 0 Å². The summed E-state index contributed by atoms with van der Waals surface area (Å²) in [5.41, 5.74) is 15.8. The number of primary amides is 1. The maximum Gasteiger partial charge on any atom is 0.305 e. The predicted molar refractivity (Wildman–Crippen MR) is 64.3 cm³/mol. The number of unbranched alkanes of at least 4 members (excludes halogenated alkanes) is 1. The van der Waals surface area contributed by atoms with E-state index >= 15 is 0 Å². The lowest BCUT2D eigenvalue weighted by atomic mass is 10.1. The number of carbonyl (C=O) groups excluding carboxylic acids is 2. The van der Waals surface area contributed by atoms with Crippen molar-refractivity contribution in [2.24, 2.45) is 17.2 Å². The van der Waals surface area contributed by atoms with Crippen LogP contribution < -0.4 is 22.5 Å². The van der Waals surface area contributed by atoms with Crippen molar-refractivity contribution >= 4 is 17.8 Å². The molecule has 0 radical (unpaired) electrons. The van der Waals surface area contributed by atoms with E-state index in [1.54, 1.807) is 0 Å². The minimum absolute atomic E-state index is 0.359. The van der Waals surface area contributed by atoms with E-state index in [1.165, 1.54) is 0 Å². The molecule has 0 unspecified atom stereocenters. The van der Waals surface area contributed by atoms with Crippen LogP contribution in [0, 0.1) is 0 Å². The summed E-state index contributed by atoms with van der Waals surface area (Å²) in [6, 6.07) is -2.04. The van der Waals surface area contributed by atoms with Crippen LogP contribution in [-0.4, -0.2) is 41.5 Å². The van der Waals surface area contributed by atoms with Gasteiger partial charge >= 0.3 is 5.97 Å². The Morgan fingerprint density at radius 3 is 2.28 bits per heavy atom. The molecule has 0 aromatic rings. The first-order chi connectivity index (χ1) is 8.38. The average Bonchev–Trinajstić information content (AvgIpc) is 2.26. The lowest BCUT2D eigenvalue weighted by molar-refractivity contribution is -0.139. The van der Waals surface area contributed by atoms with Gasteiger partial charge in [-0.15, -0.1) is 0 Å². The molecule has 8 heteroatoms. The highest BCUT2D eigenvalue weighted by atomic mass is 16.4. The molecule has 0 aliphatic rings. The van der Waals surface area contributed by atoms with Crippen LogP contribution in [0.1, 0.15) is 25.7 Å². The van der Waals surface area contributed by atoms with E-state index in [0.717, 1.165) is 0 Å². The summed E-state index contributed by atoms with van der Waals surface area (Å²) < 4.78 is 0. The van der Waals surface area contributed by atoms with Gasteiger partial charge in [0.25, 0.3) is 0 Å². The molecule has 0 aromatic heterocycles. The van der Waals surface area contributed by atoms with Crippen molar-refractivity contribution in [1.29, 1.82) is 0 Å². The number of aliphatic carboxylic acids is 1. The fourth-order valence-electron chi connectivity index (χ4n) is 1.34. The van der Waals surface area contributed by atoms with Crippen molar-refractivity contribution in [2.75, 3.05) is 6.54 Å². The van der Waals surface area contributed by atoms with Gasteiger partial charge in [-0.1, -0.05) is 0 Å². The van der Waals surface area contributed by atoms with Crippen LogP contribution in [0.3, 0.4) is 0 Å². The monoisotopic (exact) mass is 260 g/mol. The maximum atomic E-state index is 11.5. The van der Waals surface area contributed by atoms with Crippen LogP contribution >= 0.6 is 0 Å². The predicted octanol–water partition coefficient (Wildman–Crippen LogP) is -2.11. The highest BCUT2D eigenvalue weighted by Crippen LogP contribution is 2.01. The zero-order valence-corrected chi connectivity index (χ0v) is 10.1. The molecule has 8 nitrogen and oxygen atoms in total. The van der Waals surface area contributed by atoms with Crippen LogP contribution in [0.25, 0.3) is 0 Å². The molecular weight excluding hydrogens is 240 g/mol. The third-order valence-corrected chi connectivity index (χ3v) is 2.34. The van der Waals surface area contributed by atoms with Gasteiger partial charge in [0, 0.05) is 0 Å². The Kier molecular flexibility index (Phi) is 7.64. The summed E-state index contributed by atoms with van der Waals surface area (Å²) in [5, 5.41) is 10.8. The molecule has 2 atom stereocenters. The number of hydrogen-bond acceptors (Lipinski definition) is 5. The number of rotatable bonds is 9. The molecule has 0 rings (SSSR count). The zero-order chi connectivity index (χ0) is 14.1. The number of amides is 2. The second-order valence-corrected chi connectivity index (χ2v) is 3.95. The van der Waals surface area contributed by atoms with Crippen LogP contribution in [0.4, 0.5) is 0 Å². The van der Waals surface area contributed by atoms with Gasteiger partial charge in [-0.3, -0.25) is 14.4 Å². The number of carbonyl (C=O) groups is 3. The van der Waals surface area contributed by atoms with E-state index in [0.29, 0.717) is 25.8 Å². The molecule has 0 aromatic carbocycles. The number of nitrogens with two attached hydrogens (primary N) is 3. The van der Waals surface area contributed by atoms with Crippen LogP contribution in [0.2, 0.25) is 0 Å². The lowest BCUT2D eigenvalue weighted by Crippen LogP contribution is -2.50. The highest BCUT2D eigenvalue weighted by Gasteiger charge is 2.22. The van der Waals surface area contributed by atoms with E-state index < -0.39 is 36.3 Å². The largest absolute Gasteiger partial charge is 0.481 e. The second kappa shape index (κ2) is 8.43. The molecule has 0 saturated carbocycles. The van der Waals surface area contributed by atoms with E-state index in [-0.39, 0.29) is 0 Å². The highest BCUT2D eigenvalue weighted by molar-refractivity contribution is 5.90. The number of nitrogens with one attached hydrogen (secondary N) is 1. The molecule has 2 amide bonds. The van der Waals surface area contributed by atoms with Crippen molar-refractivity contribution < 1.29 is 19.5 Å². The summed E-state index contributed by atoms with van der Waals surface area (Å²) >= 11 is 0. The lowest BCUT2D eigenvalue weighted by Gasteiger charge is -2.17. The summed E-state index contributed by atoms with van der Waals surface area (Å²) in [5.74, 6) is -2.56. The quantitative estimate of drug-likeness (QED) is 0.298. The third-order valence-electron chi connectivity index (χ3n) is 2.34. The third kappa shape index (κ3) is 6.81. The van der Waals surface area contributed by atoms with Crippen molar-refractivity contribution in [3.63, 3.8) is 0 Å². The van der Waals surface area contributed by atoms with Gasteiger partial charge in [0.15, 0.2) is 0 Å². The van der Waals surface area contributed by atoms with Crippen molar-refractivity contribution in [1.82, 2.24) is 5.32 Å². The molecule has 0 aliphatic heterocycles. The van der Waals surface area contributed by atoms with E-state index in [4.69, 9.17) is 22.3 Å². The van der Waals surface area contributed by atoms with E-state index in [9.17, 15) is 14.4 Å². The Bertz CT molecular complexity index is 308. The maximum absolute atomic E-state index is 11.5. The first-order valence-corrected chi connectivity index (χ1v) is 5.65. The molecular formula is C10H20N4O4. The first-order valence-electron chi connectivity index (χ1n) is 5.65. The van der Waals surface area contributed by atoms with E-state index in [1.807, 2.05) is 0 Å². The van der Waals surface area contributed by atoms with Gasteiger partial charge in [0.1, 0.15) is 6.04 Å². The van der Waals surface area contributed by atoms with Crippen LogP contribution in [-0.2, 0) is 14.4 Å². The second-order valence-electron chi connectivity index (χ2n) is 3.95. The van der Waals surface area contributed by atoms with Crippen molar-refractivity contribution in [3.8, 4) is 0 Å². The molecule has 0 heterocycles. The van der Waals surface area contributed by atoms with E-state index in [2.05, 4.69) is 5.32 Å². The molecule has 18 heavy (non-hydrogen) atoms. The van der Waals surface area contributed by atoms with Gasteiger partial charge in [-0.05, 0) is 25.8 Å². The minimum Gasteiger partial charge on any atom is -0.481 e. The molecule has 0 bridgehead atoms. The summed E-state index contributed by atoms with van der Waals surface area (Å²) in [6.45, 7) is 0.484. The standard InChI is InChI=1S/C10H20N4O4/c11-4-2-1-3-7(9(13)17)14-10(18)6(12)5-8(15)16/h6-7H,1-5,11-12H2,(H2,13,17)(H,14,18)(H,15,16)/t6-,7-/m0/s1. The minimum atomic E-state index is -1.20. The van der Waals surface area contributed by atoms with Gasteiger partial charge in [-0.25, -0.2) is 0 Å². The number of hydrogen-bond donors (Lipinski definition) is 5. The normalized spacial score (nSPS) is 13.7. The number of carboxylic acid groups (broad SMARTS) is 1. The van der Waals surface area contributed by atoms with Crippen molar-refractivity contribution in [2.45, 2.75) is 37.8 Å². The fraction of sp³-hybridized carbons (Fsp3) is 0.700. The Labute approximate surface area is 105 Å². The van der Waals surface area contributed by atoms with Gasteiger partial charge in [0.2, 0.25) is 11.8 Å². The summed E-state index contributed by atoms with van der Waals surface area (Å²) in [4.78, 5) is 33.0. The zero-order valence-electron chi connectivity index (χ0n) is 10.1. The Hall–Kier alpha value is -1.67. The Morgan fingerprint density at radius 1 is 1.22 bits per heavy atom. The smallest absolute Gasteiger partial charge is 0.305 e. The number of carboxylic acids is 1. The fourth-order valence-corrected chi connectivity index (χ4v) is 1.34. The average molecular weight is 260 g/mol. The Morgan fingerprint density at radius 2 is 1.83 bits per heavy atom. The molecule has 0 spiro atoms. The summed E-state index contributed by atoms with van der Waals surface area (Å²) in [6.07, 6.45) is 1.21. The molecule has 104 valence electrons. The summed E-state index contributed by atoms with van der Waals surface area (Å²) in [7, 11) is 0. The first kappa shape index (κ1) is 16.3.